The molecule has 106 valence electrons. The van der Waals surface area contributed by atoms with Gasteiger partial charge in [0.05, 0.1) is 6.61 Å². The molecule has 1 saturated heterocycles. The van der Waals surface area contributed by atoms with Crippen molar-refractivity contribution in [3.63, 3.8) is 0 Å². The number of urea groups is 1. The quantitative estimate of drug-likeness (QED) is 0.748. The van der Waals surface area contributed by atoms with E-state index in [1.165, 1.54) is 0 Å². The van der Waals surface area contributed by atoms with E-state index in [-0.39, 0.29) is 6.03 Å². The van der Waals surface area contributed by atoms with Crippen molar-refractivity contribution in [3.05, 3.63) is 0 Å². The fourth-order valence-electron chi connectivity index (χ4n) is 2.62. The number of hydrogen-bond acceptors (Lipinski definition) is 3. The second kappa shape index (κ2) is 7.59. The number of rotatable bonds is 5. The van der Waals surface area contributed by atoms with Gasteiger partial charge in [-0.05, 0) is 18.9 Å². The first-order valence-corrected chi connectivity index (χ1v) is 6.82. The number of carbonyl (C=O) groups excluding carboxylic acids is 1. The van der Waals surface area contributed by atoms with E-state index in [1.807, 2.05) is 11.9 Å². The number of carbonyl (C=O) groups is 1. The predicted octanol–water partition coefficient (Wildman–Crippen LogP) is 1.00. The van der Waals surface area contributed by atoms with Crippen LogP contribution in [0.15, 0.2) is 0 Å². The van der Waals surface area contributed by atoms with Crippen molar-refractivity contribution in [2.75, 3.05) is 46.9 Å². The number of amides is 2. The Morgan fingerprint density at radius 2 is 2.28 bits per heavy atom. The molecule has 0 unspecified atom stereocenters. The van der Waals surface area contributed by atoms with Gasteiger partial charge in [0, 0.05) is 39.8 Å². The van der Waals surface area contributed by atoms with Crippen LogP contribution in [0, 0.1) is 5.92 Å². The lowest BCUT2D eigenvalue weighted by Crippen LogP contribution is -2.53. The maximum absolute atomic E-state index is 12.0. The Labute approximate surface area is 110 Å². The van der Waals surface area contributed by atoms with Gasteiger partial charge in [0.15, 0.2) is 0 Å². The summed E-state index contributed by atoms with van der Waals surface area (Å²) in [5.74, 6) is 0.525. The second-order valence-corrected chi connectivity index (χ2v) is 5.06. The monoisotopic (exact) mass is 257 g/mol. The second-order valence-electron chi connectivity index (χ2n) is 5.06. The lowest BCUT2D eigenvalue weighted by Gasteiger charge is -2.40. The van der Waals surface area contributed by atoms with E-state index >= 15 is 0 Å². The third-order valence-corrected chi connectivity index (χ3v) is 3.79. The highest BCUT2D eigenvalue weighted by Crippen LogP contribution is 2.20. The molecule has 1 N–H and O–H groups in total. The zero-order valence-electron chi connectivity index (χ0n) is 12.1. The van der Waals surface area contributed by atoms with Crippen LogP contribution in [-0.2, 0) is 4.74 Å². The smallest absolute Gasteiger partial charge is 0.317 e. The van der Waals surface area contributed by atoms with E-state index in [9.17, 15) is 4.79 Å². The van der Waals surface area contributed by atoms with Gasteiger partial charge in [-0.3, -0.25) is 0 Å². The van der Waals surface area contributed by atoms with Crippen LogP contribution in [0.1, 0.15) is 20.3 Å². The molecular weight excluding hydrogens is 230 g/mol. The third kappa shape index (κ3) is 4.14. The molecule has 5 nitrogen and oxygen atoms in total. The molecule has 1 fully saturated rings. The van der Waals surface area contributed by atoms with E-state index in [0.717, 1.165) is 26.1 Å². The van der Waals surface area contributed by atoms with Gasteiger partial charge in [-0.25, -0.2) is 4.79 Å². The van der Waals surface area contributed by atoms with E-state index in [4.69, 9.17) is 4.74 Å². The fraction of sp³-hybridized carbons (Fsp3) is 0.923. The minimum Gasteiger partial charge on any atom is -0.383 e. The maximum atomic E-state index is 12.0. The summed E-state index contributed by atoms with van der Waals surface area (Å²) in [5.41, 5.74) is 0. The summed E-state index contributed by atoms with van der Waals surface area (Å²) in [4.78, 5) is 16.3. The zero-order chi connectivity index (χ0) is 13.5. The normalized spacial score (nSPS) is 24.9. The van der Waals surface area contributed by atoms with Crippen LogP contribution >= 0.6 is 0 Å². The Morgan fingerprint density at radius 3 is 2.83 bits per heavy atom. The van der Waals surface area contributed by atoms with Crippen LogP contribution < -0.4 is 5.32 Å². The van der Waals surface area contributed by atoms with Gasteiger partial charge in [-0.2, -0.15) is 0 Å². The van der Waals surface area contributed by atoms with Gasteiger partial charge in [-0.1, -0.05) is 13.8 Å². The van der Waals surface area contributed by atoms with Crippen molar-refractivity contribution in [1.82, 2.24) is 15.1 Å². The number of likely N-dealkylation sites (tertiary alicyclic amines) is 1. The fourth-order valence-corrected chi connectivity index (χ4v) is 2.62. The van der Waals surface area contributed by atoms with Crippen molar-refractivity contribution in [2.24, 2.45) is 5.92 Å². The highest BCUT2D eigenvalue weighted by atomic mass is 16.5. The molecule has 0 spiro atoms. The van der Waals surface area contributed by atoms with Gasteiger partial charge in [0.2, 0.25) is 0 Å². The molecule has 1 aliphatic heterocycles. The van der Waals surface area contributed by atoms with Crippen molar-refractivity contribution < 1.29 is 9.53 Å². The Bertz CT molecular complexity index is 261. The highest BCUT2D eigenvalue weighted by molar-refractivity contribution is 5.74. The Balaban J connectivity index is 2.41. The maximum Gasteiger partial charge on any atom is 0.317 e. The molecular formula is C13H27N3O2. The summed E-state index contributed by atoms with van der Waals surface area (Å²) >= 11 is 0. The lowest BCUT2D eigenvalue weighted by atomic mass is 9.93. The van der Waals surface area contributed by atoms with E-state index in [0.29, 0.717) is 25.1 Å². The number of methoxy groups -OCH3 is 1. The average molecular weight is 257 g/mol. The average Bonchev–Trinajstić information content (AvgIpc) is 2.38. The van der Waals surface area contributed by atoms with Crippen LogP contribution in [0.3, 0.4) is 0 Å². The van der Waals surface area contributed by atoms with Crippen molar-refractivity contribution in [1.29, 1.82) is 0 Å². The van der Waals surface area contributed by atoms with Crippen LogP contribution in [0.25, 0.3) is 0 Å². The van der Waals surface area contributed by atoms with E-state index < -0.39 is 0 Å². The largest absolute Gasteiger partial charge is 0.383 e. The first-order valence-electron chi connectivity index (χ1n) is 6.82. The van der Waals surface area contributed by atoms with Gasteiger partial charge in [-0.15, -0.1) is 0 Å². The molecule has 0 saturated carbocycles. The minimum atomic E-state index is 0.00819. The summed E-state index contributed by atoms with van der Waals surface area (Å²) in [6.45, 7) is 8.81. The molecule has 0 aliphatic carbocycles. The molecule has 1 aliphatic rings. The van der Waals surface area contributed by atoms with Crippen molar-refractivity contribution in [3.8, 4) is 0 Å². The number of piperidine rings is 1. The predicted molar refractivity (Wildman–Crippen MR) is 72.7 cm³/mol. The Hall–Kier alpha value is -0.810. The molecule has 0 radical (unpaired) electrons. The zero-order valence-corrected chi connectivity index (χ0v) is 12.1. The van der Waals surface area contributed by atoms with Gasteiger partial charge < -0.3 is 19.9 Å². The molecule has 1 rings (SSSR count). The first-order chi connectivity index (χ1) is 8.60. The van der Waals surface area contributed by atoms with E-state index in [2.05, 4.69) is 24.1 Å². The molecule has 0 aromatic heterocycles. The molecule has 0 aromatic carbocycles. The summed E-state index contributed by atoms with van der Waals surface area (Å²) in [6, 6.07) is 0.351. The third-order valence-electron chi connectivity index (χ3n) is 3.79. The molecule has 1 heterocycles. The SMILES string of the molecule is CCN1CC[C@@H](N(C)C(=O)NCCOC)[C@@H](C)C1. The Morgan fingerprint density at radius 1 is 1.56 bits per heavy atom. The van der Waals surface area contributed by atoms with E-state index in [1.54, 1.807) is 7.11 Å². The summed E-state index contributed by atoms with van der Waals surface area (Å²) < 4.78 is 4.93. The Kier molecular flexibility index (Phi) is 6.43. The van der Waals surface area contributed by atoms with Crippen LogP contribution in [0.5, 0.6) is 0 Å². The number of hydrogen-bond donors (Lipinski definition) is 1. The summed E-state index contributed by atoms with van der Waals surface area (Å²) in [7, 11) is 3.53. The number of nitrogens with zero attached hydrogens (tertiary/aromatic N) is 2. The lowest BCUT2D eigenvalue weighted by molar-refractivity contribution is 0.0952. The molecule has 2 atom stereocenters. The van der Waals surface area contributed by atoms with Crippen LogP contribution in [-0.4, -0.2) is 68.8 Å². The molecule has 2 amide bonds. The molecule has 0 aromatic rings. The topological polar surface area (TPSA) is 44.8 Å². The summed E-state index contributed by atoms with van der Waals surface area (Å²) in [6.07, 6.45) is 1.06. The molecule has 18 heavy (non-hydrogen) atoms. The molecule has 5 heteroatoms. The molecule has 0 bridgehead atoms. The standard InChI is InChI=1S/C13H27N3O2/c1-5-16-8-6-12(11(2)10-16)15(3)13(17)14-7-9-18-4/h11-12H,5-10H2,1-4H3,(H,14,17)/t11-,12+/m0/s1. The van der Waals surface area contributed by atoms with Gasteiger partial charge in [0.25, 0.3) is 0 Å². The summed E-state index contributed by atoms with van der Waals surface area (Å²) in [5, 5.41) is 2.87. The van der Waals surface area contributed by atoms with Gasteiger partial charge >= 0.3 is 6.03 Å². The van der Waals surface area contributed by atoms with Crippen LogP contribution in [0.4, 0.5) is 4.79 Å². The van der Waals surface area contributed by atoms with Crippen LogP contribution in [0.2, 0.25) is 0 Å². The van der Waals surface area contributed by atoms with Crippen molar-refractivity contribution in [2.45, 2.75) is 26.3 Å². The number of nitrogens with one attached hydrogen (secondary N) is 1. The van der Waals surface area contributed by atoms with Gasteiger partial charge in [0.1, 0.15) is 0 Å². The highest BCUT2D eigenvalue weighted by Gasteiger charge is 2.30. The van der Waals surface area contributed by atoms with Crippen molar-refractivity contribution >= 4 is 6.03 Å². The first kappa shape index (κ1) is 15.2. The number of ether oxygens (including phenoxy) is 1. The minimum absolute atomic E-state index is 0.00819.